The molecule has 0 aliphatic carbocycles. The van der Waals surface area contributed by atoms with Gasteiger partial charge in [-0.15, -0.1) is 0 Å². The van der Waals surface area contributed by atoms with Gasteiger partial charge in [0, 0.05) is 0 Å². The molecule has 0 spiro atoms. The van der Waals surface area contributed by atoms with Crippen LogP contribution in [-0.2, 0) is 19.1 Å². The molecule has 0 aromatic rings. The van der Waals surface area contributed by atoms with Crippen LogP contribution in [0, 0.1) is 0 Å². The zero-order valence-corrected chi connectivity index (χ0v) is 12.6. The number of Topliss-reactive ketones (excluding diaryl/α,β-unsaturated/α-hetero) is 3. The molecule has 1 heterocycles. The van der Waals surface area contributed by atoms with Crippen LogP contribution in [0.4, 0.5) is 0 Å². The Hall–Kier alpha value is -1.35. The van der Waals surface area contributed by atoms with E-state index in [-0.39, 0.29) is 0 Å². The molecule has 1 aliphatic heterocycles. The van der Waals surface area contributed by atoms with Crippen molar-refractivity contribution in [3.8, 4) is 0 Å². The number of carbonyl (C=O) groups excluding carboxylic acids is 3. The Labute approximate surface area is 135 Å². The number of hydrogen-bond donors (Lipinski definition) is 8. The monoisotopic (exact) mass is 351 g/mol. The van der Waals surface area contributed by atoms with Crippen LogP contribution in [0.5, 0.6) is 0 Å². The SMILES string of the molecule is NCC(=O)[C@@]1(O)[C@@H](O)[C@@](O)(C(=O)CN)O[C@H](CO)[C@]1(O)C(=O)CN. The van der Waals surface area contributed by atoms with E-state index in [1.54, 1.807) is 0 Å². The largest absolute Gasteiger partial charge is 0.394 e. The fourth-order valence-corrected chi connectivity index (χ4v) is 2.71. The molecular weight excluding hydrogens is 330 g/mol. The van der Waals surface area contributed by atoms with Gasteiger partial charge in [-0.05, 0) is 0 Å². The second-order valence-electron chi connectivity index (χ2n) is 5.30. The molecular formula is C12H21N3O9. The van der Waals surface area contributed by atoms with Crippen LogP contribution in [0.1, 0.15) is 0 Å². The molecule has 24 heavy (non-hydrogen) atoms. The molecule has 0 aromatic heterocycles. The molecule has 0 aromatic carbocycles. The van der Waals surface area contributed by atoms with Crippen LogP contribution in [0.25, 0.3) is 0 Å². The first-order valence-corrected chi connectivity index (χ1v) is 6.86. The molecule has 138 valence electrons. The van der Waals surface area contributed by atoms with E-state index >= 15 is 0 Å². The third kappa shape index (κ3) is 2.48. The highest BCUT2D eigenvalue weighted by molar-refractivity contribution is 6.03. The van der Waals surface area contributed by atoms with Gasteiger partial charge in [0.1, 0.15) is 6.10 Å². The lowest BCUT2D eigenvalue weighted by Crippen LogP contribution is -2.85. The summed E-state index contributed by atoms with van der Waals surface area (Å²) in [7, 11) is 0. The molecule has 0 unspecified atom stereocenters. The van der Waals surface area contributed by atoms with Gasteiger partial charge in [0.15, 0.2) is 28.9 Å². The smallest absolute Gasteiger partial charge is 0.258 e. The first-order chi connectivity index (χ1) is 11.0. The molecule has 11 N–H and O–H groups in total. The summed E-state index contributed by atoms with van der Waals surface area (Å²) in [6.45, 7) is -4.03. The minimum atomic E-state index is -3.48. The first kappa shape index (κ1) is 20.7. The third-order valence-electron chi connectivity index (χ3n) is 4.11. The average molecular weight is 351 g/mol. The fraction of sp³-hybridized carbons (Fsp3) is 0.750. The quantitative estimate of drug-likeness (QED) is 0.213. The fourth-order valence-electron chi connectivity index (χ4n) is 2.71. The Bertz CT molecular complexity index is 544. The molecule has 1 saturated heterocycles. The van der Waals surface area contributed by atoms with Gasteiger partial charge in [-0.2, -0.15) is 0 Å². The summed E-state index contributed by atoms with van der Waals surface area (Å²) in [5.74, 6) is -7.54. The molecule has 0 radical (unpaired) electrons. The molecule has 1 rings (SSSR count). The normalized spacial score (nSPS) is 39.5. The maximum atomic E-state index is 12.1. The van der Waals surface area contributed by atoms with Gasteiger partial charge >= 0.3 is 0 Å². The second kappa shape index (κ2) is 6.87. The highest BCUT2D eigenvalue weighted by Crippen LogP contribution is 2.43. The zero-order chi connectivity index (χ0) is 18.9. The van der Waals surface area contributed by atoms with Crippen molar-refractivity contribution in [1.29, 1.82) is 0 Å². The number of hydrogen-bond acceptors (Lipinski definition) is 12. The van der Waals surface area contributed by atoms with Crippen LogP contribution in [0.2, 0.25) is 0 Å². The Balaban J connectivity index is 3.71. The molecule has 0 saturated carbocycles. The van der Waals surface area contributed by atoms with Gasteiger partial charge in [0.25, 0.3) is 5.79 Å². The van der Waals surface area contributed by atoms with Crippen LogP contribution < -0.4 is 17.2 Å². The lowest BCUT2D eigenvalue weighted by atomic mass is 9.65. The molecule has 0 bridgehead atoms. The predicted molar refractivity (Wildman–Crippen MR) is 75.0 cm³/mol. The van der Waals surface area contributed by atoms with Gasteiger partial charge in [-0.25, -0.2) is 0 Å². The highest BCUT2D eigenvalue weighted by Gasteiger charge is 2.75. The molecule has 1 fully saturated rings. The van der Waals surface area contributed by atoms with Gasteiger partial charge in [0.05, 0.1) is 26.2 Å². The average Bonchev–Trinajstić information content (AvgIpc) is 2.60. The van der Waals surface area contributed by atoms with Gasteiger partial charge in [0.2, 0.25) is 5.78 Å². The molecule has 5 atom stereocenters. The van der Waals surface area contributed by atoms with Gasteiger partial charge < -0.3 is 47.5 Å². The summed E-state index contributed by atoms with van der Waals surface area (Å²) in [4.78, 5) is 36.0. The van der Waals surface area contributed by atoms with E-state index in [2.05, 4.69) is 0 Å². The molecule has 12 nitrogen and oxygen atoms in total. The number of ether oxygens (including phenoxy) is 1. The molecule has 12 heteroatoms. The summed E-state index contributed by atoms with van der Waals surface area (Å²) >= 11 is 0. The minimum absolute atomic E-state index is 0.887. The maximum absolute atomic E-state index is 12.1. The standard InChI is InChI=1S/C12H21N3O9/c13-1-5(17)10(21)8(4-16)24-12(23,7(19)3-15)9(20)11(10,22)6(18)2-14/h8-9,16,20-23H,1-4,13-15H2/t8-,9-,10-,11-,12-/m1/s1. The van der Waals surface area contributed by atoms with Crippen molar-refractivity contribution in [1.82, 2.24) is 0 Å². The Morgan fingerprint density at radius 2 is 1.29 bits per heavy atom. The number of aliphatic hydroxyl groups is 5. The summed E-state index contributed by atoms with van der Waals surface area (Å²) in [5.41, 5.74) is 8.59. The Morgan fingerprint density at radius 3 is 1.67 bits per heavy atom. The Kier molecular flexibility index (Phi) is 5.93. The predicted octanol–water partition coefficient (Wildman–Crippen LogP) is -6.53. The van der Waals surface area contributed by atoms with E-state index in [0.29, 0.717) is 0 Å². The van der Waals surface area contributed by atoms with Crippen molar-refractivity contribution in [2.75, 3.05) is 26.2 Å². The third-order valence-corrected chi connectivity index (χ3v) is 4.11. The molecule has 1 aliphatic rings. The summed E-state index contributed by atoms with van der Waals surface area (Å²) in [6.07, 6.45) is -5.02. The minimum Gasteiger partial charge on any atom is -0.394 e. The molecule has 0 amide bonds. The van der Waals surface area contributed by atoms with Crippen LogP contribution in [-0.4, -0.2) is 98.3 Å². The lowest BCUT2D eigenvalue weighted by Gasteiger charge is -2.55. The van der Waals surface area contributed by atoms with Gasteiger partial charge in [-0.1, -0.05) is 0 Å². The van der Waals surface area contributed by atoms with E-state index < -0.39 is 72.8 Å². The number of nitrogens with two attached hydrogens (primary N) is 3. The summed E-state index contributed by atoms with van der Waals surface area (Å²) in [5, 5.41) is 51.1. The van der Waals surface area contributed by atoms with Crippen molar-refractivity contribution in [3.63, 3.8) is 0 Å². The van der Waals surface area contributed by atoms with E-state index in [1.807, 2.05) is 0 Å². The van der Waals surface area contributed by atoms with Crippen LogP contribution >= 0.6 is 0 Å². The second-order valence-corrected chi connectivity index (χ2v) is 5.30. The van der Waals surface area contributed by atoms with Crippen molar-refractivity contribution in [3.05, 3.63) is 0 Å². The van der Waals surface area contributed by atoms with Gasteiger partial charge in [-0.3, -0.25) is 14.4 Å². The van der Waals surface area contributed by atoms with Crippen LogP contribution in [0.15, 0.2) is 0 Å². The first-order valence-electron chi connectivity index (χ1n) is 6.86. The van der Waals surface area contributed by atoms with E-state index in [0.717, 1.165) is 0 Å². The maximum Gasteiger partial charge on any atom is 0.258 e. The number of rotatable bonds is 7. The van der Waals surface area contributed by atoms with E-state index in [4.69, 9.17) is 21.9 Å². The van der Waals surface area contributed by atoms with Crippen molar-refractivity contribution in [2.45, 2.75) is 29.2 Å². The number of aliphatic hydroxyl groups excluding tert-OH is 2. The van der Waals surface area contributed by atoms with E-state index in [1.165, 1.54) is 0 Å². The van der Waals surface area contributed by atoms with Crippen molar-refractivity contribution >= 4 is 17.3 Å². The van der Waals surface area contributed by atoms with Crippen LogP contribution in [0.3, 0.4) is 0 Å². The van der Waals surface area contributed by atoms with E-state index in [9.17, 15) is 39.9 Å². The zero-order valence-electron chi connectivity index (χ0n) is 12.6. The topological polar surface area (TPSA) is 240 Å². The number of carbonyl (C=O) groups is 3. The lowest BCUT2D eigenvalue weighted by molar-refractivity contribution is -0.367. The highest BCUT2D eigenvalue weighted by atomic mass is 16.7. The van der Waals surface area contributed by atoms with Crippen molar-refractivity contribution in [2.24, 2.45) is 17.2 Å². The van der Waals surface area contributed by atoms with Crippen molar-refractivity contribution < 1.29 is 44.7 Å². The number of ketones is 3. The Morgan fingerprint density at radius 1 is 0.875 bits per heavy atom. The summed E-state index contributed by atoms with van der Waals surface area (Å²) in [6, 6.07) is 0. The summed E-state index contributed by atoms with van der Waals surface area (Å²) < 4.78 is 4.76.